The molecule has 3 aromatic carbocycles. The lowest BCUT2D eigenvalue weighted by Crippen LogP contribution is -2.39. The lowest BCUT2D eigenvalue weighted by molar-refractivity contribution is -0.121. The van der Waals surface area contributed by atoms with Gasteiger partial charge in [0.2, 0.25) is 5.91 Å². The molecule has 3 unspecified atom stereocenters. The number of amides is 1. The molecule has 0 fully saturated rings. The van der Waals surface area contributed by atoms with E-state index in [9.17, 15) is 40.6 Å². The average Bonchev–Trinajstić information content (AvgIpc) is 1.58. The predicted octanol–water partition coefficient (Wildman–Crippen LogP) is 16.9. The topological polar surface area (TPSA) is 295 Å². The lowest BCUT2D eigenvalue weighted by atomic mass is 9.83. The summed E-state index contributed by atoms with van der Waals surface area (Å²) >= 11 is 1.60. The van der Waals surface area contributed by atoms with Gasteiger partial charge in [0.25, 0.3) is 20.2 Å². The van der Waals surface area contributed by atoms with Crippen LogP contribution in [-0.2, 0) is 36.2 Å². The number of carbonyl (C=O) groups excluding carboxylic acids is 2. The third-order valence-corrected chi connectivity index (χ3v) is 23.7. The maximum absolute atomic E-state index is 14.2. The van der Waals surface area contributed by atoms with Crippen molar-refractivity contribution in [1.82, 2.24) is 30.6 Å². The highest BCUT2D eigenvalue weighted by Crippen LogP contribution is 2.47. The van der Waals surface area contributed by atoms with Gasteiger partial charge in [0, 0.05) is 128 Å². The first-order valence-electron chi connectivity index (χ1n) is 37.0. The van der Waals surface area contributed by atoms with E-state index in [1.165, 1.54) is 6.42 Å². The molecule has 0 spiro atoms. The number of Topliss-reactive ketones (excluding diaryl/α,β-unsaturated/α-hetero) is 1. The first-order chi connectivity index (χ1) is 49.7. The zero-order chi connectivity index (χ0) is 74.6. The molecule has 0 radical (unpaired) electrons. The number of fused-ring (bicyclic) bond motifs is 9. The number of nitrogens with two attached hydrogens (primary N) is 1. The normalized spacial score (nSPS) is 17.7. The quantitative estimate of drug-likeness (QED) is 0.00612. The molecule has 0 saturated carbocycles. The third-order valence-electron chi connectivity index (χ3n) is 20.9. The maximum Gasteiger partial charge on any atom is 0.264 e. The second-order valence-corrected chi connectivity index (χ2v) is 32.6. The molecule has 5 atom stereocenters. The van der Waals surface area contributed by atoms with Crippen LogP contribution in [0, 0.1) is 26.7 Å². The molecule has 19 nitrogen and oxygen atoms in total. The van der Waals surface area contributed by atoms with Crippen LogP contribution in [0.4, 0.5) is 11.4 Å². The molecule has 104 heavy (non-hydrogen) atoms. The summed E-state index contributed by atoms with van der Waals surface area (Å²) in [5.74, 6) is -1.31. The number of nitrogen functional groups attached to an aromatic ring is 1. The van der Waals surface area contributed by atoms with Crippen LogP contribution in [0.15, 0.2) is 135 Å². The molecule has 3 aromatic heterocycles. The molecule has 0 saturated heterocycles. The molecule has 1 amide bonds. The Balaban J connectivity index is 0.889. The van der Waals surface area contributed by atoms with Gasteiger partial charge in [-0.05, 0) is 230 Å². The van der Waals surface area contributed by atoms with Gasteiger partial charge in [-0.3, -0.25) is 34.0 Å². The van der Waals surface area contributed by atoms with Crippen molar-refractivity contribution in [3.63, 3.8) is 0 Å². The molecule has 9 N–H and O–H groups in total. The van der Waals surface area contributed by atoms with Crippen LogP contribution in [0.25, 0.3) is 44.0 Å². The minimum atomic E-state index is -4.15. The summed E-state index contributed by atoms with van der Waals surface area (Å²) < 4.78 is 72.0. The Labute approximate surface area is 618 Å². The number of aliphatic hydroxyl groups is 1. The molecule has 22 heteroatoms. The Morgan fingerprint density at radius 3 is 2.31 bits per heavy atom. The average molecular weight is 1470 g/mol. The van der Waals surface area contributed by atoms with Gasteiger partial charge >= 0.3 is 0 Å². The summed E-state index contributed by atoms with van der Waals surface area (Å²) in [4.78, 5) is 55.3. The summed E-state index contributed by atoms with van der Waals surface area (Å²) in [6.07, 6.45) is 16.2. The molecule has 10 rings (SSSR count). The molecule has 2 aliphatic heterocycles. The highest BCUT2D eigenvalue weighted by atomic mass is 32.2. The maximum atomic E-state index is 14.2. The standard InChI is InChI=1S/C82H105N9O10S3/c1-11-13-14-19-41-101-57(10)77-55(8)70-47-69-53(6)66(79(89-69)67-46-75(92)78-56(9)71(90-80(67)78)48-72-64(12-2)52(5)68(87-72)49-73(77)88-70)34-36-76(93)85-38-22-39-86-82(94)61-44-59(27-25-50(3)84-37-17-20-42-103(95,96)97)81(102-63-32-30-62(83)31-33-63)60(45-61)28-26-51(4)91(40-18-21-43-104(98,99)100)74-35-29-58-23-15-16-24-65(58)54(74)7/h15-16,23-33,35,47-49,53,57,61,66,82,86,88,90,94H,11-14,17-22,34,36-46,83H2,1-10H3,(H,85,93)(H,95,96,97)(H,98,99,100)/b27-25+,51-26+,60-28+,68-49?,69-47?,70-47?,71-48?,72-48?,73-49?,79-67?,84-50-/t53-,57?,61?,66+,82?/m1/s1. The molecule has 5 heterocycles. The number of carbonyl (C=O) groups is 2. The van der Waals surface area contributed by atoms with E-state index in [1.54, 1.807) is 11.8 Å². The van der Waals surface area contributed by atoms with Crippen molar-refractivity contribution in [2.24, 2.45) is 10.9 Å². The molecular formula is C82H105N9O10S3. The van der Waals surface area contributed by atoms with Gasteiger partial charge in [0.15, 0.2) is 5.78 Å². The lowest BCUT2D eigenvalue weighted by Gasteiger charge is -2.32. The largest absolute Gasteiger partial charge is 0.399 e. The van der Waals surface area contributed by atoms with Gasteiger partial charge < -0.3 is 35.8 Å². The smallest absolute Gasteiger partial charge is 0.264 e. The number of thioether (sulfide) groups is 1. The van der Waals surface area contributed by atoms with E-state index in [0.29, 0.717) is 82.6 Å². The summed E-state index contributed by atoms with van der Waals surface area (Å²) in [6.45, 7) is 23.2. The van der Waals surface area contributed by atoms with E-state index in [2.05, 4.69) is 129 Å². The second kappa shape index (κ2) is 35.5. The minimum absolute atomic E-state index is 0.0438. The Hall–Kier alpha value is -7.80. The predicted molar refractivity (Wildman–Crippen MR) is 425 cm³/mol. The summed E-state index contributed by atoms with van der Waals surface area (Å²) in [5, 5.41) is 21.0. The van der Waals surface area contributed by atoms with Crippen LogP contribution in [0.5, 0.6) is 0 Å². The number of hydrogen-bond acceptors (Lipinski definition) is 15. The number of ketones is 1. The molecule has 6 aromatic rings. The number of nitrogens with one attached hydrogen (secondary N) is 4. The van der Waals surface area contributed by atoms with E-state index >= 15 is 0 Å². The van der Waals surface area contributed by atoms with Crippen LogP contribution in [-0.4, -0.2) is 119 Å². The van der Waals surface area contributed by atoms with Crippen LogP contribution < -0.4 is 21.3 Å². The number of aliphatic imine (C=N–C) groups is 1. The van der Waals surface area contributed by atoms with Gasteiger partial charge in [0.1, 0.15) is 6.23 Å². The minimum Gasteiger partial charge on any atom is -0.399 e. The summed E-state index contributed by atoms with van der Waals surface area (Å²) in [7, 11) is -8.24. The number of benzene rings is 3. The Bertz CT molecular complexity index is 4780. The highest BCUT2D eigenvalue weighted by Gasteiger charge is 2.37. The Morgan fingerprint density at radius 1 is 0.837 bits per heavy atom. The number of hydrogen-bond donors (Lipinski definition) is 8. The van der Waals surface area contributed by atoms with Gasteiger partial charge in [-0.25, -0.2) is 4.98 Å². The van der Waals surface area contributed by atoms with Crippen molar-refractivity contribution in [3.05, 3.63) is 181 Å². The number of H-pyrrole nitrogens is 2. The summed E-state index contributed by atoms with van der Waals surface area (Å²) in [5.41, 5.74) is 26.2. The fourth-order valence-corrected chi connectivity index (χ4v) is 17.2. The first kappa shape index (κ1) is 78.8. The van der Waals surface area contributed by atoms with Crippen LogP contribution in [0.3, 0.4) is 0 Å². The SMILES string of the molecule is CCCCCCOC(C)c1c(C)c2cc3nc(c4c5[nH]c(cc6nc(cc1[nH]2)C(C)=C6CC)c(C)c5C(=O)C4)[C@@H](CCC(=O)NCCCNC(O)C1CC(/C=C/C(C)=N\CCCCS(=O)(=O)O)=C(Sc2ccc(N)cc2)C(=C/C=C(\C)N(CCCCS(=O)(=O)O)c2ccc4ccccc4c2C)/C1)[C@H]3C. The van der Waals surface area contributed by atoms with Crippen molar-refractivity contribution in [2.45, 2.75) is 195 Å². The number of unbranched alkanes of at least 4 members (excludes halogenated alkanes) is 5. The van der Waals surface area contributed by atoms with Crippen LogP contribution >= 0.6 is 11.8 Å². The third kappa shape index (κ3) is 19.8. The number of aryl methyl sites for hydroxylation is 3. The van der Waals surface area contributed by atoms with E-state index in [-0.39, 0.29) is 72.7 Å². The van der Waals surface area contributed by atoms with Crippen molar-refractivity contribution in [1.29, 1.82) is 0 Å². The molecule has 2 aliphatic carbocycles. The number of anilines is 2. The number of nitrogens with zero attached hydrogens (tertiary/aromatic N) is 4. The summed E-state index contributed by atoms with van der Waals surface area (Å²) in [6, 6.07) is 26.4. The number of aliphatic hydroxyl groups excluding tert-OH is 1. The molecule has 8 bridgehead atoms. The van der Waals surface area contributed by atoms with Crippen molar-refractivity contribution in [2.75, 3.05) is 54.9 Å². The van der Waals surface area contributed by atoms with Crippen molar-refractivity contribution < 1.29 is 45.4 Å². The van der Waals surface area contributed by atoms with E-state index < -0.39 is 26.5 Å². The zero-order valence-corrected chi connectivity index (χ0v) is 64.5. The number of aromatic nitrogens is 4. The van der Waals surface area contributed by atoms with Crippen molar-refractivity contribution >= 4 is 105 Å². The number of aromatic amines is 2. The van der Waals surface area contributed by atoms with Crippen LogP contribution in [0.1, 0.15) is 217 Å². The first-order valence-corrected chi connectivity index (χ1v) is 41.0. The van der Waals surface area contributed by atoms with Gasteiger partial charge in [0.05, 0.1) is 40.2 Å². The molecule has 4 aliphatic rings. The highest BCUT2D eigenvalue weighted by molar-refractivity contribution is 8.03. The van der Waals surface area contributed by atoms with E-state index in [4.69, 9.17) is 25.4 Å². The second-order valence-electron chi connectivity index (χ2n) is 28.4. The molecular weight excluding hydrogens is 1370 g/mol. The zero-order valence-electron chi connectivity index (χ0n) is 62.0. The fraction of sp³-hybridized carbons (Fsp3) is 0.451. The van der Waals surface area contributed by atoms with Crippen LogP contribution in [0.2, 0.25) is 0 Å². The van der Waals surface area contributed by atoms with Gasteiger partial charge in [-0.15, -0.1) is 0 Å². The van der Waals surface area contributed by atoms with Crippen molar-refractivity contribution in [3.8, 4) is 0 Å². The number of rotatable bonds is 34. The van der Waals surface area contributed by atoms with Gasteiger partial charge in [-0.1, -0.05) is 94.3 Å². The number of ether oxygens (including phenoxy) is 1. The Kier molecular flexibility index (Phi) is 26.9. The monoisotopic (exact) mass is 1470 g/mol. The van der Waals surface area contributed by atoms with E-state index in [1.807, 2.05) is 69.3 Å². The fourth-order valence-electron chi connectivity index (χ4n) is 15.0. The molecule has 556 valence electrons. The van der Waals surface area contributed by atoms with E-state index in [0.717, 1.165) is 158 Å². The van der Waals surface area contributed by atoms with Gasteiger partial charge in [-0.2, -0.15) is 16.8 Å². The number of allylic oxidation sites excluding steroid dienone is 9. The Morgan fingerprint density at radius 2 is 1.57 bits per heavy atom.